The number of aliphatic hydroxyl groups excluding tert-OH is 2. The lowest BCUT2D eigenvalue weighted by Gasteiger charge is -2.20. The molecule has 3 N–H and O–H groups in total. The summed E-state index contributed by atoms with van der Waals surface area (Å²) in [4.78, 5) is 24.4. The first-order chi connectivity index (χ1) is 35.0. The molecule has 0 aliphatic rings. The van der Waals surface area contributed by atoms with E-state index in [2.05, 4.69) is 67.8 Å². The summed E-state index contributed by atoms with van der Waals surface area (Å²) in [7, 11) is 0. The van der Waals surface area contributed by atoms with Gasteiger partial charge in [-0.3, -0.25) is 9.59 Å². The normalized spacial score (nSPS) is 13.0. The number of nitrogens with one attached hydrogen (secondary N) is 1. The minimum Gasteiger partial charge on any atom is -0.466 e. The third-order valence-electron chi connectivity index (χ3n) is 14.0. The van der Waals surface area contributed by atoms with Crippen LogP contribution in [-0.2, 0) is 14.3 Å². The van der Waals surface area contributed by atoms with Gasteiger partial charge in [0.05, 0.1) is 25.4 Å². The summed E-state index contributed by atoms with van der Waals surface area (Å²) in [5.74, 6) is -0.0730. The monoisotopic (exact) mass is 994 g/mol. The first kappa shape index (κ1) is 68.6. The lowest BCUT2D eigenvalue weighted by molar-refractivity contribution is -0.143. The number of hydrogen-bond donors (Lipinski definition) is 3. The van der Waals surface area contributed by atoms with Crippen LogP contribution >= 0.6 is 0 Å². The third kappa shape index (κ3) is 56.7. The van der Waals surface area contributed by atoms with Crippen LogP contribution in [0.2, 0.25) is 0 Å². The number of carbonyl (C=O) groups excluding carboxylic acids is 2. The molecule has 0 heterocycles. The van der Waals surface area contributed by atoms with Crippen molar-refractivity contribution in [1.29, 1.82) is 0 Å². The molecule has 0 fully saturated rings. The highest BCUT2D eigenvalue weighted by molar-refractivity contribution is 5.76. The molecule has 0 saturated heterocycles. The highest BCUT2D eigenvalue weighted by atomic mass is 16.5. The minimum absolute atomic E-state index is 0.00254. The standard InChI is InChI=1S/C65H119NO5/c1-3-5-7-9-11-13-14-15-36-39-43-47-51-55-59-65(70)71-60-56-52-48-44-40-37-34-32-30-28-26-24-22-20-18-16-17-19-21-23-25-27-29-31-33-35-38-42-46-50-54-58-64(69)66-62(61-67)63(68)57-53-49-45-41-12-10-8-6-4-2/h9,11,14-15,18,20,24,26,53,57,62-63,67-68H,3-8,10,12-13,16-17,19,21-23,25,27-52,54-56,58-61H2,1-2H3,(H,66,69)/b11-9-,15-14-,20-18-,26-24-,57-53+. The van der Waals surface area contributed by atoms with Gasteiger partial charge in [0.1, 0.15) is 0 Å². The van der Waals surface area contributed by atoms with Gasteiger partial charge in [-0.15, -0.1) is 0 Å². The molecule has 414 valence electrons. The van der Waals surface area contributed by atoms with E-state index in [0.717, 1.165) is 57.8 Å². The number of rotatable bonds is 57. The van der Waals surface area contributed by atoms with Crippen molar-refractivity contribution in [3.8, 4) is 0 Å². The van der Waals surface area contributed by atoms with Gasteiger partial charge < -0.3 is 20.3 Å². The van der Waals surface area contributed by atoms with Crippen LogP contribution in [0.5, 0.6) is 0 Å². The second-order valence-corrected chi connectivity index (χ2v) is 21.0. The van der Waals surface area contributed by atoms with Crippen LogP contribution in [0.4, 0.5) is 0 Å². The van der Waals surface area contributed by atoms with Crippen LogP contribution in [0.3, 0.4) is 0 Å². The molecule has 0 aliphatic heterocycles. The average Bonchev–Trinajstić information content (AvgIpc) is 3.37. The Bertz CT molecular complexity index is 1240. The minimum atomic E-state index is -0.842. The number of unbranched alkanes of at least 4 members (excludes halogenated alkanes) is 38. The number of carbonyl (C=O) groups is 2. The summed E-state index contributed by atoms with van der Waals surface area (Å²) in [6, 6.07) is -0.626. The number of ether oxygens (including phenoxy) is 1. The van der Waals surface area contributed by atoms with Crippen molar-refractivity contribution >= 4 is 11.9 Å². The molecule has 0 aromatic heterocycles. The van der Waals surface area contributed by atoms with Crippen LogP contribution in [-0.4, -0.2) is 47.4 Å². The predicted molar refractivity (Wildman–Crippen MR) is 310 cm³/mol. The lowest BCUT2D eigenvalue weighted by atomic mass is 10.0. The van der Waals surface area contributed by atoms with Crippen molar-refractivity contribution in [2.45, 2.75) is 328 Å². The van der Waals surface area contributed by atoms with Crippen molar-refractivity contribution in [1.82, 2.24) is 5.32 Å². The Morgan fingerprint density at radius 3 is 1.11 bits per heavy atom. The van der Waals surface area contributed by atoms with E-state index in [1.54, 1.807) is 6.08 Å². The maximum absolute atomic E-state index is 12.4. The van der Waals surface area contributed by atoms with E-state index < -0.39 is 12.1 Å². The molecule has 6 heteroatoms. The van der Waals surface area contributed by atoms with E-state index in [1.807, 2.05) is 6.08 Å². The summed E-state index contributed by atoms with van der Waals surface area (Å²) >= 11 is 0. The van der Waals surface area contributed by atoms with E-state index in [9.17, 15) is 19.8 Å². The Labute approximate surface area is 441 Å². The maximum Gasteiger partial charge on any atom is 0.305 e. The SMILES string of the molecule is CCCC/C=C\C/C=C\CCCCCCCC(=O)OCCCCCCCCCCC/C=C\C/C=C\CCCCCCCCCCCCCCCCCC(=O)NC(CO)C(O)/C=C/CCCCCCCCC. The Kier molecular flexibility index (Phi) is 58.1. The summed E-state index contributed by atoms with van der Waals surface area (Å²) in [5.41, 5.74) is 0. The first-order valence-corrected chi connectivity index (χ1v) is 31.1. The zero-order valence-corrected chi connectivity index (χ0v) is 47.2. The van der Waals surface area contributed by atoms with E-state index in [1.165, 1.54) is 231 Å². The molecule has 0 aliphatic carbocycles. The highest BCUT2D eigenvalue weighted by Gasteiger charge is 2.18. The molecule has 2 atom stereocenters. The summed E-state index contributed by atoms with van der Waals surface area (Å²) in [6.07, 6.45) is 78.5. The fourth-order valence-corrected chi connectivity index (χ4v) is 9.21. The molecule has 6 nitrogen and oxygen atoms in total. The van der Waals surface area contributed by atoms with Gasteiger partial charge in [0, 0.05) is 12.8 Å². The number of esters is 1. The van der Waals surface area contributed by atoms with Gasteiger partial charge in [0.15, 0.2) is 0 Å². The summed E-state index contributed by atoms with van der Waals surface area (Å²) in [5, 5.41) is 22.9. The Hall–Kier alpha value is -2.44. The molecule has 0 rings (SSSR count). The average molecular weight is 995 g/mol. The summed E-state index contributed by atoms with van der Waals surface area (Å²) < 4.78 is 5.47. The Morgan fingerprint density at radius 1 is 0.394 bits per heavy atom. The number of amides is 1. The van der Waals surface area contributed by atoms with Gasteiger partial charge in [-0.05, 0) is 89.9 Å². The highest BCUT2D eigenvalue weighted by Crippen LogP contribution is 2.16. The van der Waals surface area contributed by atoms with Crippen LogP contribution in [0.15, 0.2) is 60.8 Å². The zero-order chi connectivity index (χ0) is 51.4. The number of allylic oxidation sites excluding steroid dienone is 9. The van der Waals surface area contributed by atoms with Gasteiger partial charge in [0.2, 0.25) is 5.91 Å². The molecule has 0 aromatic rings. The molecular formula is C65H119NO5. The van der Waals surface area contributed by atoms with Crippen molar-refractivity contribution in [2.75, 3.05) is 13.2 Å². The Morgan fingerprint density at radius 2 is 0.718 bits per heavy atom. The molecule has 0 aromatic carbocycles. The fourth-order valence-electron chi connectivity index (χ4n) is 9.21. The molecule has 1 amide bonds. The van der Waals surface area contributed by atoms with Crippen molar-refractivity contribution in [3.63, 3.8) is 0 Å². The predicted octanol–water partition coefficient (Wildman–Crippen LogP) is 19.5. The molecule has 0 bridgehead atoms. The van der Waals surface area contributed by atoms with Crippen LogP contribution < -0.4 is 5.32 Å². The number of aliphatic hydroxyl groups is 2. The third-order valence-corrected chi connectivity index (χ3v) is 14.0. The van der Waals surface area contributed by atoms with E-state index in [0.29, 0.717) is 19.4 Å². The molecule has 0 radical (unpaired) electrons. The molecule has 0 saturated carbocycles. The van der Waals surface area contributed by atoms with Crippen LogP contribution in [0.25, 0.3) is 0 Å². The van der Waals surface area contributed by atoms with Gasteiger partial charge in [-0.25, -0.2) is 0 Å². The van der Waals surface area contributed by atoms with Gasteiger partial charge >= 0.3 is 5.97 Å². The van der Waals surface area contributed by atoms with Gasteiger partial charge in [0.25, 0.3) is 0 Å². The summed E-state index contributed by atoms with van der Waals surface area (Å²) in [6.45, 7) is 4.83. The van der Waals surface area contributed by atoms with E-state index in [4.69, 9.17) is 4.74 Å². The second-order valence-electron chi connectivity index (χ2n) is 21.0. The fraction of sp³-hybridized carbons (Fsp3) is 0.815. The molecule has 0 spiro atoms. The van der Waals surface area contributed by atoms with Gasteiger partial charge in [-0.2, -0.15) is 0 Å². The zero-order valence-electron chi connectivity index (χ0n) is 47.2. The smallest absolute Gasteiger partial charge is 0.305 e. The van der Waals surface area contributed by atoms with Crippen molar-refractivity contribution in [2.24, 2.45) is 0 Å². The van der Waals surface area contributed by atoms with Crippen molar-refractivity contribution in [3.05, 3.63) is 60.8 Å². The lowest BCUT2D eigenvalue weighted by Crippen LogP contribution is -2.45. The molecular weight excluding hydrogens is 875 g/mol. The second kappa shape index (κ2) is 60.1. The van der Waals surface area contributed by atoms with Gasteiger partial charge in [-0.1, -0.05) is 274 Å². The number of hydrogen-bond acceptors (Lipinski definition) is 5. The maximum atomic E-state index is 12.4. The Balaban J connectivity index is 3.39. The molecule has 71 heavy (non-hydrogen) atoms. The quantitative estimate of drug-likeness (QED) is 0.0321. The molecule has 2 unspecified atom stereocenters. The van der Waals surface area contributed by atoms with Crippen molar-refractivity contribution < 1.29 is 24.5 Å². The first-order valence-electron chi connectivity index (χ1n) is 31.1. The van der Waals surface area contributed by atoms with Crippen LogP contribution in [0, 0.1) is 0 Å². The van der Waals surface area contributed by atoms with E-state index in [-0.39, 0.29) is 18.5 Å². The largest absolute Gasteiger partial charge is 0.466 e. The van der Waals surface area contributed by atoms with E-state index >= 15 is 0 Å². The topological polar surface area (TPSA) is 95.9 Å². The van der Waals surface area contributed by atoms with Crippen LogP contribution in [0.1, 0.15) is 316 Å².